The number of esters is 1. The molecule has 0 aliphatic carbocycles. The molecule has 2 aliphatic heterocycles. The molecular formula is C51H53F13N10O8. The second-order valence-corrected chi connectivity index (χ2v) is 20.2. The third kappa shape index (κ3) is 16.0. The summed E-state index contributed by atoms with van der Waals surface area (Å²) in [6.45, 7) is -2.16. The molecule has 31 heteroatoms. The highest BCUT2D eigenvalue weighted by molar-refractivity contribution is 5.87. The molecule has 4 amide bonds. The number of rotatable bonds is 20. The molecule has 0 spiro atoms. The zero-order valence-corrected chi connectivity index (χ0v) is 43.6. The SMILES string of the molecule is CC(C)([C@H](NC(=O)O)C(=O)NNC[C@H](OC(=O)C(F)(F)F)[C@H](Cc1ccc(C#Cc2ccc(N3CC4CCC(C3)N4)nc2)cc1)NC(=O)[C@@H](NC(=O)OCCc1c(F)cc(-c2ccn(C(F)F)n2)cc1F)C(C)(C)C(F)(F)F)C(F)(F)F. The van der Waals surface area contributed by atoms with E-state index in [-0.39, 0.29) is 21.5 Å². The van der Waals surface area contributed by atoms with Crippen molar-refractivity contribution in [3.05, 3.63) is 101 Å². The molecule has 4 heterocycles. The monoisotopic (exact) mass is 1180 g/mol. The van der Waals surface area contributed by atoms with Crippen LogP contribution in [-0.2, 0) is 36.7 Å². The molecule has 7 N–H and O–H groups in total. The number of hydrogen-bond acceptors (Lipinski definition) is 12. The number of ether oxygens (including phenoxy) is 2. The van der Waals surface area contributed by atoms with Crippen LogP contribution in [0.15, 0.2) is 67.0 Å². The lowest BCUT2D eigenvalue weighted by Crippen LogP contribution is -2.63. The zero-order valence-electron chi connectivity index (χ0n) is 43.6. The minimum atomic E-state index is -5.83. The highest BCUT2D eigenvalue weighted by atomic mass is 19.4. The van der Waals surface area contributed by atoms with Crippen LogP contribution in [0.4, 0.5) is 72.5 Å². The number of carbonyl (C=O) groups excluding carboxylic acids is 4. The molecule has 2 aliphatic rings. The molecule has 0 radical (unpaired) electrons. The number of amides is 4. The Labute approximate surface area is 458 Å². The summed E-state index contributed by atoms with van der Waals surface area (Å²) in [5.74, 6) is -2.66. The van der Waals surface area contributed by atoms with Crippen molar-refractivity contribution < 1.29 is 95.6 Å². The average Bonchev–Trinajstić information content (AvgIpc) is 4.03. The average molecular weight is 1180 g/mol. The molecule has 6 atom stereocenters. The van der Waals surface area contributed by atoms with Crippen LogP contribution in [0, 0.1) is 34.3 Å². The lowest BCUT2D eigenvalue weighted by molar-refractivity contribution is -0.221. The van der Waals surface area contributed by atoms with E-state index in [1.54, 1.807) is 29.1 Å². The minimum Gasteiger partial charge on any atom is -0.465 e. The minimum absolute atomic E-state index is 0.0379. The Hall–Kier alpha value is -7.88. The second kappa shape index (κ2) is 25.5. The normalized spacial score (nSPS) is 17.2. The Morgan fingerprint density at radius 3 is 1.88 bits per heavy atom. The number of piperazine rings is 1. The largest absolute Gasteiger partial charge is 0.490 e. The Balaban J connectivity index is 1.26. The fraction of sp³-hybridized carbons (Fsp3) is 0.471. The highest BCUT2D eigenvalue weighted by Crippen LogP contribution is 2.42. The van der Waals surface area contributed by atoms with E-state index >= 15 is 8.78 Å². The van der Waals surface area contributed by atoms with Crippen LogP contribution in [0.1, 0.15) is 69.3 Å². The van der Waals surface area contributed by atoms with Gasteiger partial charge >= 0.3 is 43.2 Å². The lowest BCUT2D eigenvalue weighted by atomic mass is 9.82. The summed E-state index contributed by atoms with van der Waals surface area (Å²) in [5.41, 5.74) is -3.35. The first kappa shape index (κ1) is 63.3. The van der Waals surface area contributed by atoms with Gasteiger partial charge in [0.25, 0.3) is 5.91 Å². The molecule has 2 aromatic carbocycles. The van der Waals surface area contributed by atoms with Gasteiger partial charge in [-0.3, -0.25) is 15.0 Å². The van der Waals surface area contributed by atoms with Gasteiger partial charge in [-0.1, -0.05) is 24.0 Å². The number of fused-ring (bicyclic) bond motifs is 2. The van der Waals surface area contributed by atoms with Crippen LogP contribution >= 0.6 is 0 Å². The highest BCUT2D eigenvalue weighted by Gasteiger charge is 2.57. The van der Waals surface area contributed by atoms with Gasteiger partial charge in [-0.15, -0.1) is 0 Å². The summed E-state index contributed by atoms with van der Waals surface area (Å²) in [5, 5.41) is 21.4. The van der Waals surface area contributed by atoms with Crippen LogP contribution < -0.4 is 37.0 Å². The molecule has 0 saturated carbocycles. The number of carboxylic acid groups (broad SMARTS) is 1. The number of hydrazine groups is 1. The summed E-state index contributed by atoms with van der Waals surface area (Å²) in [7, 11) is 0. The van der Waals surface area contributed by atoms with Gasteiger partial charge in [0, 0.05) is 66.2 Å². The first-order valence-corrected chi connectivity index (χ1v) is 24.7. The van der Waals surface area contributed by atoms with E-state index < -0.39 is 133 Å². The van der Waals surface area contributed by atoms with E-state index in [1.807, 2.05) is 10.7 Å². The number of alkyl halides is 11. The second-order valence-electron chi connectivity index (χ2n) is 20.2. The van der Waals surface area contributed by atoms with Crippen molar-refractivity contribution in [1.82, 2.24) is 46.9 Å². The van der Waals surface area contributed by atoms with Gasteiger partial charge in [0.2, 0.25) is 5.91 Å². The van der Waals surface area contributed by atoms with Crippen LogP contribution in [-0.4, -0.2) is 131 Å². The Kier molecular flexibility index (Phi) is 19.7. The summed E-state index contributed by atoms with van der Waals surface area (Å²) in [6, 6.07) is 4.44. The molecule has 82 heavy (non-hydrogen) atoms. The molecule has 446 valence electrons. The van der Waals surface area contributed by atoms with Gasteiger partial charge in [-0.25, -0.2) is 38.3 Å². The standard InChI is InChI=1S/C51H53F13N10O8/c1-47(2,50(59,60)61)39(70-46(80)81-18-16-32-33(52)20-29(21-34(32)53)35-15-17-74(72-35)44(54)55)41(75)68-36(37(82-43(77)49(56,57)58)23-66-71-42(76)40(69-45(78)79)48(3,4)51(62,63)64)19-27-8-5-26(6-9-27)7-10-28-11-14-38(65-22-28)73-24-30-12-13-31(25-73)67-30/h5-6,8-9,11,14-15,17,20-22,30-31,36-37,39-40,44,66-67,69H,12-13,16,18-19,23-25H2,1-4H3,(H,68,75)(H,70,80)(H,71,76)(H,78,79)/t30?,31?,36-,37-,39+,40+/m0/s1. The third-order valence-electron chi connectivity index (χ3n) is 13.6. The quantitative estimate of drug-likeness (QED) is 0.0201. The van der Waals surface area contributed by atoms with Crippen molar-refractivity contribution >= 4 is 35.8 Å². The lowest BCUT2D eigenvalue weighted by Gasteiger charge is -2.37. The van der Waals surface area contributed by atoms with Gasteiger partial charge < -0.3 is 40.7 Å². The zero-order chi connectivity index (χ0) is 60.7. The van der Waals surface area contributed by atoms with Crippen molar-refractivity contribution in [2.75, 3.05) is 31.1 Å². The van der Waals surface area contributed by atoms with Gasteiger partial charge in [0.05, 0.1) is 35.7 Å². The van der Waals surface area contributed by atoms with E-state index in [4.69, 9.17) is 4.74 Å². The van der Waals surface area contributed by atoms with Crippen molar-refractivity contribution in [1.29, 1.82) is 0 Å². The maximum Gasteiger partial charge on any atom is 0.490 e. The molecule has 18 nitrogen and oxygen atoms in total. The van der Waals surface area contributed by atoms with Crippen LogP contribution in [0.25, 0.3) is 11.3 Å². The van der Waals surface area contributed by atoms with Crippen LogP contribution in [0.2, 0.25) is 0 Å². The first-order chi connectivity index (χ1) is 38.1. The van der Waals surface area contributed by atoms with Crippen molar-refractivity contribution in [3.63, 3.8) is 0 Å². The Morgan fingerprint density at radius 2 is 1.35 bits per heavy atom. The topological polar surface area (TPSA) is 230 Å². The molecule has 2 saturated heterocycles. The Bertz CT molecular complexity index is 2960. The number of halogens is 13. The number of nitrogens with one attached hydrogen (secondary N) is 6. The summed E-state index contributed by atoms with van der Waals surface area (Å²) in [4.78, 5) is 71.2. The maximum absolute atomic E-state index is 15.1. The third-order valence-corrected chi connectivity index (χ3v) is 13.6. The first-order valence-electron chi connectivity index (χ1n) is 24.7. The molecular weight excluding hydrogens is 1130 g/mol. The number of hydrogen-bond donors (Lipinski definition) is 7. The Morgan fingerprint density at radius 1 is 0.780 bits per heavy atom. The van der Waals surface area contributed by atoms with E-state index in [9.17, 15) is 77.4 Å². The van der Waals surface area contributed by atoms with Crippen molar-refractivity contribution in [2.24, 2.45) is 10.8 Å². The number of anilines is 1. The fourth-order valence-electron chi connectivity index (χ4n) is 8.67. The predicted octanol–water partition coefficient (Wildman–Crippen LogP) is 7.23. The van der Waals surface area contributed by atoms with Gasteiger partial charge in [-0.05, 0) is 95.0 Å². The molecule has 2 bridgehead atoms. The van der Waals surface area contributed by atoms with Gasteiger partial charge in [0.15, 0.2) is 0 Å². The van der Waals surface area contributed by atoms with Crippen molar-refractivity contribution in [2.45, 2.75) is 115 Å². The van der Waals surface area contributed by atoms with E-state index in [2.05, 4.69) is 36.9 Å². The number of alkyl carbamates (subject to hydrolysis) is 1. The summed E-state index contributed by atoms with van der Waals surface area (Å²) in [6.07, 6.45) is -20.0. The van der Waals surface area contributed by atoms with Crippen molar-refractivity contribution in [3.8, 4) is 23.1 Å². The van der Waals surface area contributed by atoms with Crippen LogP contribution in [0.3, 0.4) is 0 Å². The van der Waals surface area contributed by atoms with Gasteiger partial charge in [-0.2, -0.15) is 53.4 Å². The molecule has 6 rings (SSSR count). The number of pyridine rings is 1. The molecule has 2 unspecified atom stereocenters. The number of carbonyl (C=O) groups is 5. The smallest absolute Gasteiger partial charge is 0.465 e. The molecule has 2 aromatic heterocycles. The van der Waals surface area contributed by atoms with E-state index in [1.165, 1.54) is 29.6 Å². The van der Waals surface area contributed by atoms with Gasteiger partial charge in [0.1, 0.15) is 35.6 Å². The number of benzene rings is 2. The van der Waals surface area contributed by atoms with E-state index in [0.29, 0.717) is 63.0 Å². The predicted molar refractivity (Wildman–Crippen MR) is 262 cm³/mol. The molecule has 2 fully saturated rings. The summed E-state index contributed by atoms with van der Waals surface area (Å²) >= 11 is 0. The van der Waals surface area contributed by atoms with Crippen LogP contribution in [0.5, 0.6) is 0 Å². The summed E-state index contributed by atoms with van der Waals surface area (Å²) < 4.78 is 194. The maximum atomic E-state index is 15.1. The number of aromatic nitrogens is 3. The fourth-order valence-corrected chi connectivity index (χ4v) is 8.67. The van der Waals surface area contributed by atoms with E-state index in [0.717, 1.165) is 44.0 Å². The number of nitrogens with zero attached hydrogens (tertiary/aromatic N) is 4. The molecule has 4 aromatic rings.